The van der Waals surface area contributed by atoms with Gasteiger partial charge in [0.25, 0.3) is 10.1 Å². The summed E-state index contributed by atoms with van der Waals surface area (Å²) in [5.74, 6) is -0.110. The highest BCUT2D eigenvalue weighted by atomic mass is 32.2. The fourth-order valence-corrected chi connectivity index (χ4v) is 3.02. The molecular weight excluding hydrogens is 264 g/mol. The zero-order valence-corrected chi connectivity index (χ0v) is 12.9. The molecule has 0 atom stereocenters. The van der Waals surface area contributed by atoms with Gasteiger partial charge in [0.15, 0.2) is 0 Å². The van der Waals surface area contributed by atoms with Crippen molar-refractivity contribution in [1.29, 1.82) is 0 Å². The summed E-state index contributed by atoms with van der Waals surface area (Å²) < 4.78 is 29.8. The van der Waals surface area contributed by atoms with Crippen molar-refractivity contribution in [3.63, 3.8) is 0 Å². The second kappa shape index (κ2) is 8.89. The molecule has 1 fully saturated rings. The van der Waals surface area contributed by atoms with Gasteiger partial charge < -0.3 is 0 Å². The molecule has 0 aromatic heterocycles. The van der Waals surface area contributed by atoms with Crippen molar-refractivity contribution in [1.82, 2.24) is 9.80 Å². The summed E-state index contributed by atoms with van der Waals surface area (Å²) in [5.41, 5.74) is 0. The molecule has 1 heterocycles. The van der Waals surface area contributed by atoms with E-state index in [2.05, 4.69) is 16.7 Å². The Kier molecular flexibility index (Phi) is 7.90. The third-order valence-electron chi connectivity index (χ3n) is 3.59. The first kappa shape index (κ1) is 16.9. The van der Waals surface area contributed by atoms with Gasteiger partial charge in [-0.25, -0.2) is 0 Å². The van der Waals surface area contributed by atoms with Gasteiger partial charge in [-0.2, -0.15) is 8.42 Å². The van der Waals surface area contributed by atoms with E-state index in [1.165, 1.54) is 32.2 Å². The van der Waals surface area contributed by atoms with Crippen molar-refractivity contribution in [3.8, 4) is 0 Å². The summed E-state index contributed by atoms with van der Waals surface area (Å²) in [6.07, 6.45) is 6.59. The zero-order valence-electron chi connectivity index (χ0n) is 12.1. The largest absolute Gasteiger partial charge is 0.289 e. The van der Waals surface area contributed by atoms with Crippen molar-refractivity contribution >= 4 is 10.1 Å². The second-order valence-electron chi connectivity index (χ2n) is 5.43. The van der Waals surface area contributed by atoms with E-state index in [1.807, 2.05) is 0 Å². The summed E-state index contributed by atoms with van der Waals surface area (Å²) >= 11 is 0. The van der Waals surface area contributed by atoms with Crippen molar-refractivity contribution in [3.05, 3.63) is 0 Å². The molecule has 1 aliphatic rings. The van der Waals surface area contributed by atoms with Crippen molar-refractivity contribution in [2.45, 2.75) is 45.4 Å². The molecule has 0 aliphatic carbocycles. The Bertz CT molecular complexity index is 333. The highest BCUT2D eigenvalue weighted by Crippen LogP contribution is 2.09. The normalized spacial score (nSPS) is 18.2. The molecule has 0 spiro atoms. The summed E-state index contributed by atoms with van der Waals surface area (Å²) in [6, 6.07) is 0. The predicted molar refractivity (Wildman–Crippen MR) is 77.8 cm³/mol. The fraction of sp³-hybridized carbons (Fsp3) is 1.00. The molecule has 1 N–H and O–H groups in total. The summed E-state index contributed by atoms with van der Waals surface area (Å²) in [4.78, 5) is 4.84. The quantitative estimate of drug-likeness (QED) is 0.491. The minimum Gasteiger partial charge on any atom is -0.289 e. The molecule has 1 saturated heterocycles. The molecule has 0 radical (unpaired) electrons. The lowest BCUT2D eigenvalue weighted by molar-refractivity contribution is 0.240. The Labute approximate surface area is 117 Å². The zero-order chi connectivity index (χ0) is 14.1. The lowest BCUT2D eigenvalue weighted by atomic mass is 10.2. The van der Waals surface area contributed by atoms with E-state index in [1.54, 1.807) is 0 Å². The Balaban J connectivity index is 2.02. The molecule has 0 unspecified atom stereocenters. The molecule has 1 rings (SSSR count). The molecule has 114 valence electrons. The van der Waals surface area contributed by atoms with Gasteiger partial charge in [-0.05, 0) is 32.4 Å². The topological polar surface area (TPSA) is 60.9 Å². The number of unbranched alkanes of at least 4 members (excludes halogenated alkanes) is 4. The number of hydrogen-bond donors (Lipinski definition) is 1. The number of nitrogens with zero attached hydrogens (tertiary/aromatic N) is 2. The second-order valence-corrected chi connectivity index (χ2v) is 7.00. The predicted octanol–water partition coefficient (Wildman–Crippen LogP) is 1.81. The maximum absolute atomic E-state index is 10.6. The monoisotopic (exact) mass is 292 g/mol. The van der Waals surface area contributed by atoms with E-state index in [-0.39, 0.29) is 5.75 Å². The van der Waals surface area contributed by atoms with Crippen LogP contribution in [0, 0.1) is 0 Å². The standard InChI is InChI=1S/C13H28N2O3S/c1-2-3-4-5-8-14-10-11-15(13-14)9-6-7-12-19(16,17)18/h2-13H2,1H3,(H,16,17,18). The lowest BCUT2D eigenvalue weighted by Crippen LogP contribution is -2.27. The molecule has 6 heteroatoms. The fourth-order valence-electron chi connectivity index (χ4n) is 2.45. The van der Waals surface area contributed by atoms with Gasteiger partial charge in [0.2, 0.25) is 0 Å². The Morgan fingerprint density at radius 3 is 2.05 bits per heavy atom. The highest BCUT2D eigenvalue weighted by molar-refractivity contribution is 7.85. The van der Waals surface area contributed by atoms with E-state index in [0.29, 0.717) is 6.42 Å². The van der Waals surface area contributed by atoms with Crippen molar-refractivity contribution < 1.29 is 13.0 Å². The molecule has 0 aromatic carbocycles. The van der Waals surface area contributed by atoms with Gasteiger partial charge in [0, 0.05) is 13.1 Å². The third-order valence-corrected chi connectivity index (χ3v) is 4.39. The van der Waals surface area contributed by atoms with E-state index in [0.717, 1.165) is 32.7 Å². The highest BCUT2D eigenvalue weighted by Gasteiger charge is 2.18. The van der Waals surface area contributed by atoms with Crippen LogP contribution in [0.4, 0.5) is 0 Å². The van der Waals surface area contributed by atoms with Gasteiger partial charge in [-0.15, -0.1) is 0 Å². The molecule has 1 aliphatic heterocycles. The van der Waals surface area contributed by atoms with Crippen LogP contribution in [-0.2, 0) is 10.1 Å². The number of rotatable bonds is 10. The molecule has 0 aromatic rings. The van der Waals surface area contributed by atoms with Gasteiger partial charge in [-0.3, -0.25) is 14.4 Å². The van der Waals surface area contributed by atoms with Crippen LogP contribution in [-0.4, -0.2) is 61.4 Å². The summed E-state index contributed by atoms with van der Waals surface area (Å²) in [6.45, 7) is 7.56. The van der Waals surface area contributed by atoms with Crippen LogP contribution in [0.2, 0.25) is 0 Å². The van der Waals surface area contributed by atoms with Crippen LogP contribution in [0.15, 0.2) is 0 Å². The van der Waals surface area contributed by atoms with Crippen LogP contribution in [0.1, 0.15) is 45.4 Å². The summed E-state index contributed by atoms with van der Waals surface area (Å²) in [5, 5.41) is 0. The first-order chi connectivity index (χ1) is 9.01. The molecule has 0 bridgehead atoms. The molecular formula is C13H28N2O3S. The van der Waals surface area contributed by atoms with Crippen LogP contribution in [0.25, 0.3) is 0 Å². The minimum atomic E-state index is -3.78. The van der Waals surface area contributed by atoms with Gasteiger partial charge in [-0.1, -0.05) is 26.2 Å². The van der Waals surface area contributed by atoms with Gasteiger partial charge in [0.05, 0.1) is 12.4 Å². The average Bonchev–Trinajstić information content (AvgIpc) is 2.77. The lowest BCUT2D eigenvalue weighted by Gasteiger charge is -2.17. The van der Waals surface area contributed by atoms with Gasteiger partial charge >= 0.3 is 0 Å². The minimum absolute atomic E-state index is 0.110. The van der Waals surface area contributed by atoms with Crippen LogP contribution < -0.4 is 0 Å². The van der Waals surface area contributed by atoms with Crippen LogP contribution in [0.5, 0.6) is 0 Å². The average molecular weight is 292 g/mol. The van der Waals surface area contributed by atoms with Gasteiger partial charge in [0.1, 0.15) is 0 Å². The first-order valence-electron chi connectivity index (χ1n) is 7.41. The maximum Gasteiger partial charge on any atom is 0.264 e. The van der Waals surface area contributed by atoms with Crippen LogP contribution >= 0.6 is 0 Å². The molecule has 0 amide bonds. The smallest absolute Gasteiger partial charge is 0.264 e. The molecule has 19 heavy (non-hydrogen) atoms. The number of hydrogen-bond acceptors (Lipinski definition) is 4. The molecule has 5 nitrogen and oxygen atoms in total. The van der Waals surface area contributed by atoms with E-state index < -0.39 is 10.1 Å². The third kappa shape index (κ3) is 8.57. The molecule has 0 saturated carbocycles. The Morgan fingerprint density at radius 1 is 0.947 bits per heavy atom. The summed E-state index contributed by atoms with van der Waals surface area (Å²) in [7, 11) is -3.78. The van der Waals surface area contributed by atoms with Crippen LogP contribution in [0.3, 0.4) is 0 Å². The first-order valence-corrected chi connectivity index (χ1v) is 9.02. The Hall–Kier alpha value is -0.170. The van der Waals surface area contributed by atoms with Crippen molar-refractivity contribution in [2.24, 2.45) is 0 Å². The Morgan fingerprint density at radius 2 is 1.53 bits per heavy atom. The van der Waals surface area contributed by atoms with E-state index >= 15 is 0 Å². The van der Waals surface area contributed by atoms with E-state index in [9.17, 15) is 8.42 Å². The van der Waals surface area contributed by atoms with Crippen molar-refractivity contribution in [2.75, 3.05) is 38.6 Å². The maximum atomic E-state index is 10.6. The van der Waals surface area contributed by atoms with E-state index in [4.69, 9.17) is 4.55 Å². The SMILES string of the molecule is CCCCCCN1CCN(CCCCS(=O)(=O)O)C1.